The monoisotopic (exact) mass is 346 g/mol. The Morgan fingerprint density at radius 2 is 1.35 bits per heavy atom. The minimum Gasteiger partial charge on any atom is -0.343 e. The summed E-state index contributed by atoms with van der Waals surface area (Å²) < 4.78 is 19.0. The number of nitriles is 2. The Labute approximate surface area is 152 Å². The first-order valence-electron chi connectivity index (χ1n) is 8.50. The number of ether oxygens (including phenoxy) is 3. The van der Waals surface area contributed by atoms with E-state index in [0.29, 0.717) is 24.2 Å². The molecule has 2 aromatic rings. The van der Waals surface area contributed by atoms with E-state index in [4.69, 9.17) is 24.7 Å². The number of nitrogens with zero attached hydrogens (tertiary/aromatic N) is 2. The van der Waals surface area contributed by atoms with E-state index < -0.39 is 17.2 Å². The van der Waals surface area contributed by atoms with Gasteiger partial charge in [-0.2, -0.15) is 10.5 Å². The van der Waals surface area contributed by atoms with E-state index in [1.165, 1.54) is 0 Å². The first-order valence-corrected chi connectivity index (χ1v) is 8.50. The van der Waals surface area contributed by atoms with Crippen molar-refractivity contribution < 1.29 is 14.2 Å². The molecule has 0 aromatic heterocycles. The Kier molecular flexibility index (Phi) is 3.64. The molecule has 2 fully saturated rings. The zero-order valence-electron chi connectivity index (χ0n) is 14.7. The van der Waals surface area contributed by atoms with Crippen molar-refractivity contribution >= 4 is 0 Å². The average molecular weight is 346 g/mol. The van der Waals surface area contributed by atoms with Crippen molar-refractivity contribution in [1.82, 2.24) is 0 Å². The molecular formula is C21H18N2O3. The lowest BCUT2D eigenvalue weighted by molar-refractivity contribution is -0.254. The van der Waals surface area contributed by atoms with Crippen molar-refractivity contribution in [1.29, 1.82) is 10.5 Å². The van der Waals surface area contributed by atoms with Crippen LogP contribution in [0.1, 0.15) is 42.5 Å². The normalized spacial score (nSPS) is 28.9. The molecule has 2 aromatic carbocycles. The van der Waals surface area contributed by atoms with Crippen molar-refractivity contribution in [2.75, 3.05) is 6.61 Å². The maximum absolute atomic E-state index is 9.08. The van der Waals surface area contributed by atoms with Gasteiger partial charge in [-0.1, -0.05) is 24.3 Å². The Morgan fingerprint density at radius 3 is 1.88 bits per heavy atom. The topological polar surface area (TPSA) is 75.3 Å². The fourth-order valence-electron chi connectivity index (χ4n) is 3.98. The van der Waals surface area contributed by atoms with E-state index in [-0.39, 0.29) is 0 Å². The van der Waals surface area contributed by atoms with Gasteiger partial charge in [0, 0.05) is 12.0 Å². The fraction of sp³-hybridized carbons (Fsp3) is 0.333. The Morgan fingerprint density at radius 1 is 0.808 bits per heavy atom. The summed E-state index contributed by atoms with van der Waals surface area (Å²) >= 11 is 0. The molecule has 0 aliphatic carbocycles. The van der Waals surface area contributed by atoms with Crippen LogP contribution in [0.15, 0.2) is 48.5 Å². The van der Waals surface area contributed by atoms with Gasteiger partial charge in [0.2, 0.25) is 5.79 Å². The molecule has 0 amide bonds. The largest absolute Gasteiger partial charge is 0.343 e. The molecule has 5 heteroatoms. The van der Waals surface area contributed by atoms with E-state index in [9.17, 15) is 0 Å². The lowest BCUT2D eigenvalue weighted by Crippen LogP contribution is -2.43. The summed E-state index contributed by atoms with van der Waals surface area (Å²) in [6.45, 7) is 4.22. The van der Waals surface area contributed by atoms with Gasteiger partial charge in [-0.25, -0.2) is 0 Å². The molecule has 0 saturated carbocycles. The minimum absolute atomic E-state index is 0.482. The molecule has 2 saturated heterocycles. The highest BCUT2D eigenvalue weighted by atomic mass is 16.9. The standard InChI is InChI=1S/C21H18N2O3/c1-19(2)25-20(17-7-3-15(13-22)4-8-17)11-12-24-21(20,26-19)18-9-5-16(14-23)6-10-18/h3-10H,11-12H2,1-2H3/t20-,21+/m1/s1. The second-order valence-corrected chi connectivity index (χ2v) is 7.02. The number of rotatable bonds is 2. The zero-order valence-corrected chi connectivity index (χ0v) is 14.7. The highest BCUT2D eigenvalue weighted by Crippen LogP contribution is 2.61. The third-order valence-electron chi connectivity index (χ3n) is 4.97. The van der Waals surface area contributed by atoms with Crippen molar-refractivity contribution in [3.8, 4) is 12.1 Å². The molecular weight excluding hydrogens is 328 g/mol. The van der Waals surface area contributed by atoms with Crippen LogP contribution in [0.25, 0.3) is 0 Å². The van der Waals surface area contributed by atoms with E-state index in [1.807, 2.05) is 38.1 Å². The third-order valence-corrected chi connectivity index (χ3v) is 4.97. The van der Waals surface area contributed by atoms with Gasteiger partial charge in [-0.05, 0) is 43.7 Å². The van der Waals surface area contributed by atoms with E-state index in [0.717, 1.165) is 11.1 Å². The van der Waals surface area contributed by atoms with Crippen LogP contribution in [0, 0.1) is 22.7 Å². The maximum Gasteiger partial charge on any atom is 0.232 e. The van der Waals surface area contributed by atoms with Crippen LogP contribution in [0.4, 0.5) is 0 Å². The third kappa shape index (κ3) is 2.26. The van der Waals surface area contributed by atoms with Gasteiger partial charge in [-0.15, -0.1) is 0 Å². The van der Waals surface area contributed by atoms with Gasteiger partial charge < -0.3 is 14.2 Å². The summed E-state index contributed by atoms with van der Waals surface area (Å²) in [6.07, 6.45) is 0.627. The molecule has 0 bridgehead atoms. The molecule has 5 nitrogen and oxygen atoms in total. The van der Waals surface area contributed by atoms with E-state index in [1.54, 1.807) is 24.3 Å². The molecule has 26 heavy (non-hydrogen) atoms. The molecule has 2 aliphatic rings. The predicted octanol–water partition coefficient (Wildman–Crippen LogP) is 3.68. The van der Waals surface area contributed by atoms with Crippen LogP contribution in [0.2, 0.25) is 0 Å². The van der Waals surface area contributed by atoms with Crippen LogP contribution in [0.3, 0.4) is 0 Å². The van der Waals surface area contributed by atoms with Gasteiger partial charge in [0.05, 0.1) is 29.9 Å². The Hall–Kier alpha value is -2.70. The second kappa shape index (κ2) is 5.65. The lowest BCUT2D eigenvalue weighted by Gasteiger charge is -2.36. The van der Waals surface area contributed by atoms with Crippen LogP contribution >= 0.6 is 0 Å². The van der Waals surface area contributed by atoms with Crippen molar-refractivity contribution in [2.45, 2.75) is 37.4 Å². The number of hydrogen-bond acceptors (Lipinski definition) is 5. The lowest BCUT2D eigenvalue weighted by atomic mass is 9.80. The summed E-state index contributed by atoms with van der Waals surface area (Å²) in [5, 5.41) is 18.2. The number of fused-ring (bicyclic) bond motifs is 1. The van der Waals surface area contributed by atoms with Gasteiger partial charge in [0.25, 0.3) is 0 Å². The summed E-state index contributed by atoms with van der Waals surface area (Å²) in [5.41, 5.74) is 2.06. The fourth-order valence-corrected chi connectivity index (χ4v) is 3.98. The molecule has 2 atom stereocenters. The predicted molar refractivity (Wildman–Crippen MR) is 92.5 cm³/mol. The van der Waals surface area contributed by atoms with E-state index in [2.05, 4.69) is 12.1 Å². The van der Waals surface area contributed by atoms with Crippen molar-refractivity contribution in [3.05, 3.63) is 70.8 Å². The first kappa shape index (κ1) is 16.8. The number of hydrogen-bond donors (Lipinski definition) is 0. The first-order chi connectivity index (χ1) is 12.4. The van der Waals surface area contributed by atoms with Crippen molar-refractivity contribution in [2.24, 2.45) is 0 Å². The van der Waals surface area contributed by atoms with Crippen LogP contribution in [-0.2, 0) is 25.6 Å². The van der Waals surface area contributed by atoms with Crippen molar-refractivity contribution in [3.63, 3.8) is 0 Å². The second-order valence-electron chi connectivity index (χ2n) is 7.02. The molecule has 0 N–H and O–H groups in total. The summed E-state index contributed by atoms with van der Waals surface area (Å²) in [6, 6.07) is 18.8. The van der Waals surface area contributed by atoms with Crippen LogP contribution < -0.4 is 0 Å². The summed E-state index contributed by atoms with van der Waals surface area (Å²) in [7, 11) is 0. The summed E-state index contributed by atoms with van der Waals surface area (Å²) in [4.78, 5) is 0. The summed E-state index contributed by atoms with van der Waals surface area (Å²) in [5.74, 6) is -1.94. The average Bonchev–Trinajstić information content (AvgIpc) is 3.11. The van der Waals surface area contributed by atoms with E-state index >= 15 is 0 Å². The minimum atomic E-state index is -1.10. The zero-order chi connectivity index (χ0) is 18.4. The Balaban J connectivity index is 1.89. The maximum atomic E-state index is 9.08. The molecule has 130 valence electrons. The molecule has 0 radical (unpaired) electrons. The smallest absolute Gasteiger partial charge is 0.232 e. The van der Waals surface area contributed by atoms with Crippen LogP contribution in [-0.4, -0.2) is 12.4 Å². The SMILES string of the molecule is CC1(C)O[C@]2(c3ccc(C#N)cc3)OCC[C@]2(c2ccc(C#N)cc2)O1. The molecule has 2 aliphatic heterocycles. The van der Waals surface area contributed by atoms with Gasteiger partial charge in [-0.3, -0.25) is 0 Å². The molecule has 2 heterocycles. The quantitative estimate of drug-likeness (QED) is 0.829. The molecule has 0 unspecified atom stereocenters. The van der Waals surface area contributed by atoms with Crippen LogP contribution in [0.5, 0.6) is 0 Å². The number of benzene rings is 2. The molecule has 0 spiro atoms. The highest BCUT2D eigenvalue weighted by Gasteiger charge is 2.69. The molecule has 4 rings (SSSR count). The highest BCUT2D eigenvalue weighted by molar-refractivity contribution is 5.41. The van der Waals surface area contributed by atoms with Gasteiger partial charge in [0.15, 0.2) is 11.4 Å². The van der Waals surface area contributed by atoms with Gasteiger partial charge >= 0.3 is 0 Å². The Bertz CT molecular complexity index is 846. The van der Waals surface area contributed by atoms with Gasteiger partial charge in [0.1, 0.15) is 0 Å².